The van der Waals surface area contributed by atoms with Gasteiger partial charge in [-0.05, 0) is 30.7 Å². The number of hydrogen-bond acceptors (Lipinski definition) is 5. The van der Waals surface area contributed by atoms with E-state index in [4.69, 9.17) is 10.5 Å². The van der Waals surface area contributed by atoms with E-state index in [1.807, 2.05) is 19.1 Å². The summed E-state index contributed by atoms with van der Waals surface area (Å²) in [5.74, 6) is -0.299. The van der Waals surface area contributed by atoms with Crippen molar-refractivity contribution in [1.29, 1.82) is 5.26 Å². The molecule has 2 aromatic carbocycles. The Morgan fingerprint density at radius 2 is 2.08 bits per heavy atom. The fourth-order valence-corrected chi connectivity index (χ4v) is 3.83. The van der Waals surface area contributed by atoms with E-state index in [0.29, 0.717) is 16.8 Å². The summed E-state index contributed by atoms with van der Waals surface area (Å²) in [5, 5.41) is 22.3. The van der Waals surface area contributed by atoms with Gasteiger partial charge in [0.15, 0.2) is 0 Å². The molecule has 1 unspecified atom stereocenters. The first kappa shape index (κ1) is 15.5. The summed E-state index contributed by atoms with van der Waals surface area (Å²) < 4.78 is 6.35. The minimum Gasteiger partial charge on any atom is -0.508 e. The summed E-state index contributed by atoms with van der Waals surface area (Å²) >= 11 is 3.46. The number of phenols is 1. The third-order valence-corrected chi connectivity index (χ3v) is 5.47. The lowest BCUT2D eigenvalue weighted by Crippen LogP contribution is -2.42. The van der Waals surface area contributed by atoms with Crippen LogP contribution in [0.15, 0.2) is 46.3 Å². The second-order valence-corrected chi connectivity index (χ2v) is 6.84. The maximum absolute atomic E-state index is 13.1. The summed E-state index contributed by atoms with van der Waals surface area (Å²) in [6, 6.07) is 10.1. The number of rotatable bonds is 0. The number of benzene rings is 2. The van der Waals surface area contributed by atoms with E-state index in [1.54, 1.807) is 12.1 Å². The molecule has 1 spiro atoms. The number of aromatic hydroxyl groups is 1. The van der Waals surface area contributed by atoms with E-state index in [9.17, 15) is 15.2 Å². The number of carbonyl (C=O) groups excluding carboxylic acids is 1. The molecule has 1 atom stereocenters. The number of nitrogens with one attached hydrogen (secondary N) is 1. The van der Waals surface area contributed by atoms with Crippen molar-refractivity contribution >= 4 is 27.5 Å². The molecule has 0 radical (unpaired) electrons. The lowest BCUT2D eigenvalue weighted by atomic mass is 9.68. The highest BCUT2D eigenvalue weighted by molar-refractivity contribution is 9.10. The fourth-order valence-electron chi connectivity index (χ4n) is 3.48. The molecule has 0 aromatic heterocycles. The number of carbonyl (C=O) groups is 1. The molecule has 6 nitrogen and oxygen atoms in total. The molecule has 2 aromatic rings. The van der Waals surface area contributed by atoms with Gasteiger partial charge in [0, 0.05) is 27.4 Å². The van der Waals surface area contributed by atoms with Gasteiger partial charge >= 0.3 is 0 Å². The van der Waals surface area contributed by atoms with Crippen LogP contribution in [0.2, 0.25) is 0 Å². The highest BCUT2D eigenvalue weighted by Crippen LogP contribution is 2.54. The van der Waals surface area contributed by atoms with Crippen molar-refractivity contribution in [2.24, 2.45) is 5.73 Å². The third-order valence-electron chi connectivity index (χ3n) is 4.61. The zero-order chi connectivity index (χ0) is 17.9. The van der Waals surface area contributed by atoms with Crippen LogP contribution < -0.4 is 15.8 Å². The van der Waals surface area contributed by atoms with Gasteiger partial charge in [-0.2, -0.15) is 5.26 Å². The summed E-state index contributed by atoms with van der Waals surface area (Å²) in [5.41, 5.74) is 7.20. The fraction of sp³-hybridized carbons (Fsp3) is 0.111. The Balaban J connectivity index is 2.15. The Kier molecular flexibility index (Phi) is 3.11. The van der Waals surface area contributed by atoms with Gasteiger partial charge in [0.2, 0.25) is 11.8 Å². The predicted molar refractivity (Wildman–Crippen MR) is 93.8 cm³/mol. The van der Waals surface area contributed by atoms with Crippen LogP contribution >= 0.6 is 15.9 Å². The molecule has 7 heteroatoms. The zero-order valence-electron chi connectivity index (χ0n) is 13.1. The standard InChI is InChI=1S/C18H12BrN3O3/c1-8-4-11-14(6-13(8)19)22-17(24)18(11)10-3-2-9(23)5-15(10)25-16(21)12(18)7-20/h2-6,23H,21H2,1H3,(H,22,24). The van der Waals surface area contributed by atoms with Crippen molar-refractivity contribution in [3.63, 3.8) is 0 Å². The molecule has 2 aliphatic heterocycles. The van der Waals surface area contributed by atoms with Gasteiger partial charge in [-0.3, -0.25) is 4.79 Å². The van der Waals surface area contributed by atoms with Gasteiger partial charge in [-0.1, -0.05) is 22.0 Å². The van der Waals surface area contributed by atoms with Crippen LogP contribution in [0.5, 0.6) is 11.5 Å². The van der Waals surface area contributed by atoms with E-state index in [2.05, 4.69) is 21.2 Å². The molecule has 124 valence electrons. The lowest BCUT2D eigenvalue weighted by molar-refractivity contribution is -0.118. The minimum absolute atomic E-state index is 0.0206. The number of aryl methyl sites for hydroxylation is 1. The largest absolute Gasteiger partial charge is 0.508 e. The first-order chi connectivity index (χ1) is 11.9. The number of amides is 1. The van der Waals surface area contributed by atoms with Crippen LogP contribution in [0.1, 0.15) is 16.7 Å². The number of nitriles is 1. The number of anilines is 1. The van der Waals surface area contributed by atoms with E-state index < -0.39 is 5.41 Å². The summed E-state index contributed by atoms with van der Waals surface area (Å²) in [6.45, 7) is 1.90. The second-order valence-electron chi connectivity index (χ2n) is 5.98. The predicted octanol–water partition coefficient (Wildman–Crippen LogP) is 2.79. The molecule has 1 amide bonds. The molecule has 0 saturated heterocycles. The Morgan fingerprint density at radius 3 is 2.80 bits per heavy atom. The molecule has 2 heterocycles. The number of nitrogens with two attached hydrogens (primary N) is 1. The number of hydrogen-bond donors (Lipinski definition) is 3. The molecule has 0 saturated carbocycles. The Labute approximate surface area is 151 Å². The third kappa shape index (κ3) is 1.86. The zero-order valence-corrected chi connectivity index (χ0v) is 14.6. The topological polar surface area (TPSA) is 108 Å². The minimum atomic E-state index is -1.40. The van der Waals surface area contributed by atoms with Crippen LogP contribution in [0, 0.1) is 18.3 Å². The van der Waals surface area contributed by atoms with Crippen LogP contribution in [-0.2, 0) is 10.2 Å². The first-order valence-corrected chi connectivity index (χ1v) is 8.22. The maximum Gasteiger partial charge on any atom is 0.245 e. The van der Waals surface area contributed by atoms with Crippen LogP contribution in [0.25, 0.3) is 0 Å². The van der Waals surface area contributed by atoms with Crippen molar-refractivity contribution in [1.82, 2.24) is 0 Å². The van der Waals surface area contributed by atoms with Crippen molar-refractivity contribution in [3.8, 4) is 17.6 Å². The smallest absolute Gasteiger partial charge is 0.245 e. The number of halogens is 1. The summed E-state index contributed by atoms with van der Waals surface area (Å²) in [4.78, 5) is 13.1. The molecule has 0 fully saturated rings. The molecular formula is C18H12BrN3O3. The molecule has 25 heavy (non-hydrogen) atoms. The highest BCUT2D eigenvalue weighted by Gasteiger charge is 2.56. The van der Waals surface area contributed by atoms with Crippen LogP contribution in [0.4, 0.5) is 5.69 Å². The van der Waals surface area contributed by atoms with Gasteiger partial charge in [0.25, 0.3) is 0 Å². The lowest BCUT2D eigenvalue weighted by Gasteiger charge is -2.33. The van der Waals surface area contributed by atoms with Crippen molar-refractivity contribution < 1.29 is 14.6 Å². The Bertz CT molecular complexity index is 1040. The Morgan fingerprint density at radius 1 is 1.32 bits per heavy atom. The molecule has 4 rings (SSSR count). The van der Waals surface area contributed by atoms with Crippen molar-refractivity contribution in [2.75, 3.05) is 5.32 Å². The SMILES string of the molecule is Cc1cc2c(cc1Br)NC(=O)C21C(C#N)=C(N)Oc2cc(O)ccc21. The molecule has 4 N–H and O–H groups in total. The average Bonchev–Trinajstić information content (AvgIpc) is 2.81. The number of ether oxygens (including phenoxy) is 1. The number of phenolic OH excluding ortho intramolecular Hbond substituents is 1. The first-order valence-electron chi connectivity index (χ1n) is 7.43. The molecule has 0 bridgehead atoms. The van der Waals surface area contributed by atoms with Gasteiger partial charge in [-0.25, -0.2) is 0 Å². The van der Waals surface area contributed by atoms with Crippen LogP contribution in [0.3, 0.4) is 0 Å². The van der Waals surface area contributed by atoms with Crippen LogP contribution in [-0.4, -0.2) is 11.0 Å². The average molecular weight is 398 g/mol. The normalized spacial score (nSPS) is 20.6. The summed E-state index contributed by atoms with van der Waals surface area (Å²) in [6.07, 6.45) is 0. The number of nitrogens with zero attached hydrogens (tertiary/aromatic N) is 1. The van der Waals surface area contributed by atoms with Gasteiger partial charge in [0.1, 0.15) is 28.6 Å². The molecule has 2 aliphatic rings. The molecular weight excluding hydrogens is 386 g/mol. The quantitative estimate of drug-likeness (QED) is 0.633. The van der Waals surface area contributed by atoms with Gasteiger partial charge in [-0.15, -0.1) is 0 Å². The number of fused-ring (bicyclic) bond motifs is 4. The van der Waals surface area contributed by atoms with E-state index in [-0.39, 0.29) is 28.9 Å². The molecule has 0 aliphatic carbocycles. The van der Waals surface area contributed by atoms with Gasteiger partial charge in [0.05, 0.1) is 0 Å². The van der Waals surface area contributed by atoms with E-state index >= 15 is 0 Å². The van der Waals surface area contributed by atoms with Crippen molar-refractivity contribution in [2.45, 2.75) is 12.3 Å². The maximum atomic E-state index is 13.1. The highest BCUT2D eigenvalue weighted by atomic mass is 79.9. The Hall–Kier alpha value is -2.98. The van der Waals surface area contributed by atoms with Gasteiger partial charge < -0.3 is 20.9 Å². The monoisotopic (exact) mass is 397 g/mol. The van der Waals surface area contributed by atoms with Crippen molar-refractivity contribution in [3.05, 3.63) is 63.0 Å². The summed E-state index contributed by atoms with van der Waals surface area (Å²) in [7, 11) is 0. The van der Waals surface area contributed by atoms with E-state index in [0.717, 1.165) is 10.0 Å². The second kappa shape index (κ2) is 5.01. The van der Waals surface area contributed by atoms with E-state index in [1.165, 1.54) is 12.1 Å².